The Balaban J connectivity index is 2.39. The van der Waals surface area contributed by atoms with E-state index in [1.165, 1.54) is 7.11 Å². The third-order valence-corrected chi connectivity index (χ3v) is 2.19. The van der Waals surface area contributed by atoms with Gasteiger partial charge in [-0.1, -0.05) is 13.8 Å². The van der Waals surface area contributed by atoms with Gasteiger partial charge in [0.05, 0.1) is 7.11 Å². The van der Waals surface area contributed by atoms with E-state index in [0.717, 1.165) is 5.56 Å². The Morgan fingerprint density at radius 1 is 1.38 bits per heavy atom. The maximum absolute atomic E-state index is 11.5. The van der Waals surface area contributed by atoms with Crippen molar-refractivity contribution in [1.29, 1.82) is 0 Å². The highest BCUT2D eigenvalue weighted by Crippen LogP contribution is 2.08. The molecule has 0 atom stereocenters. The number of ether oxygens (including phenoxy) is 1. The maximum Gasteiger partial charge on any atom is 0.316 e. The van der Waals surface area contributed by atoms with Gasteiger partial charge >= 0.3 is 6.01 Å². The highest BCUT2D eigenvalue weighted by atomic mass is 16.5. The van der Waals surface area contributed by atoms with Gasteiger partial charge in [-0.05, 0) is 17.9 Å². The van der Waals surface area contributed by atoms with E-state index in [4.69, 9.17) is 4.74 Å². The summed E-state index contributed by atoms with van der Waals surface area (Å²) in [5.41, 5.74) is 0.970. The first kappa shape index (κ1) is 12.6. The molecule has 0 bridgehead atoms. The minimum atomic E-state index is 0.297. The van der Waals surface area contributed by atoms with Gasteiger partial charge in [0.15, 0.2) is 0 Å². The molecule has 88 valence electrons. The molecule has 1 aromatic rings. The van der Waals surface area contributed by atoms with Crippen LogP contribution in [0.25, 0.3) is 0 Å². The van der Waals surface area contributed by atoms with Crippen LogP contribution in [0.5, 0.6) is 6.01 Å². The van der Waals surface area contributed by atoms with Crippen LogP contribution in [-0.4, -0.2) is 22.9 Å². The van der Waals surface area contributed by atoms with E-state index >= 15 is 0 Å². The second kappa shape index (κ2) is 6.20. The Bertz CT molecular complexity index is 333. The van der Waals surface area contributed by atoms with Crippen LogP contribution in [0, 0.1) is 5.92 Å². The fraction of sp³-hybridized carbons (Fsp3) is 0.583. The Morgan fingerprint density at radius 2 is 2.00 bits per heavy atom. The van der Waals surface area contributed by atoms with Crippen molar-refractivity contribution in [3.05, 3.63) is 18.0 Å². The van der Waals surface area contributed by atoms with Crippen LogP contribution >= 0.6 is 0 Å². The van der Waals surface area contributed by atoms with Gasteiger partial charge < -0.3 is 4.74 Å². The first-order valence-electron chi connectivity index (χ1n) is 5.48. The van der Waals surface area contributed by atoms with E-state index in [9.17, 15) is 4.79 Å². The Labute approximate surface area is 96.1 Å². The number of hydrogen-bond donors (Lipinski definition) is 0. The van der Waals surface area contributed by atoms with E-state index in [-0.39, 0.29) is 0 Å². The summed E-state index contributed by atoms with van der Waals surface area (Å²) in [5, 5.41) is 0. The molecule has 0 aliphatic rings. The highest BCUT2D eigenvalue weighted by molar-refractivity contribution is 5.78. The number of Topliss-reactive ketones (excluding diaryl/α,β-unsaturated/α-hetero) is 1. The minimum absolute atomic E-state index is 0.297. The normalized spacial score (nSPS) is 10.5. The summed E-state index contributed by atoms with van der Waals surface area (Å²) >= 11 is 0. The maximum atomic E-state index is 11.5. The summed E-state index contributed by atoms with van der Waals surface area (Å²) in [6.45, 7) is 4.10. The van der Waals surface area contributed by atoms with Crippen LogP contribution in [0.2, 0.25) is 0 Å². The van der Waals surface area contributed by atoms with E-state index in [0.29, 0.717) is 37.0 Å². The molecule has 0 saturated carbocycles. The van der Waals surface area contributed by atoms with E-state index in [1.54, 1.807) is 12.4 Å². The van der Waals surface area contributed by atoms with Gasteiger partial charge in [0.2, 0.25) is 0 Å². The van der Waals surface area contributed by atoms with Crippen molar-refractivity contribution >= 4 is 5.78 Å². The molecule has 4 heteroatoms. The second-order valence-corrected chi connectivity index (χ2v) is 4.21. The Kier molecular flexibility index (Phi) is 4.89. The number of hydrogen-bond acceptors (Lipinski definition) is 4. The Morgan fingerprint density at radius 3 is 2.50 bits per heavy atom. The van der Waals surface area contributed by atoms with Crippen molar-refractivity contribution in [1.82, 2.24) is 9.97 Å². The summed E-state index contributed by atoms with van der Waals surface area (Å²) in [5.74, 6) is 0.727. The van der Waals surface area contributed by atoms with Crippen LogP contribution in [0.1, 0.15) is 32.3 Å². The van der Waals surface area contributed by atoms with Gasteiger partial charge in [0.1, 0.15) is 5.78 Å². The van der Waals surface area contributed by atoms with Crippen molar-refractivity contribution in [2.45, 2.75) is 33.1 Å². The van der Waals surface area contributed by atoms with Crippen LogP contribution in [0.15, 0.2) is 12.4 Å². The zero-order chi connectivity index (χ0) is 12.0. The number of aryl methyl sites for hydroxylation is 1. The van der Waals surface area contributed by atoms with Crippen LogP contribution in [0.4, 0.5) is 0 Å². The molecule has 16 heavy (non-hydrogen) atoms. The molecule has 0 fully saturated rings. The molecular formula is C12H18N2O2. The molecule has 1 rings (SSSR count). The van der Waals surface area contributed by atoms with Gasteiger partial charge in [0.25, 0.3) is 0 Å². The van der Waals surface area contributed by atoms with Gasteiger partial charge in [-0.2, -0.15) is 0 Å². The molecule has 0 saturated heterocycles. The second-order valence-electron chi connectivity index (χ2n) is 4.21. The summed E-state index contributed by atoms with van der Waals surface area (Å²) < 4.78 is 4.86. The molecule has 0 radical (unpaired) electrons. The summed E-state index contributed by atoms with van der Waals surface area (Å²) in [6, 6.07) is 0.359. The molecule has 1 heterocycles. The molecule has 1 aromatic heterocycles. The van der Waals surface area contributed by atoms with Crippen molar-refractivity contribution in [3.8, 4) is 6.01 Å². The third-order valence-electron chi connectivity index (χ3n) is 2.19. The topological polar surface area (TPSA) is 52.1 Å². The summed E-state index contributed by atoms with van der Waals surface area (Å²) in [6.07, 6.45) is 5.32. The van der Waals surface area contributed by atoms with Crippen molar-refractivity contribution in [2.75, 3.05) is 7.11 Å². The van der Waals surface area contributed by atoms with E-state index < -0.39 is 0 Å². The predicted octanol–water partition coefficient (Wildman–Crippen LogP) is 2.03. The largest absolute Gasteiger partial charge is 0.467 e. The lowest BCUT2D eigenvalue weighted by atomic mass is 10.0. The molecule has 0 N–H and O–H groups in total. The minimum Gasteiger partial charge on any atom is -0.467 e. The lowest BCUT2D eigenvalue weighted by molar-refractivity contribution is -0.119. The first-order chi connectivity index (χ1) is 7.61. The lowest BCUT2D eigenvalue weighted by Gasteiger charge is -2.04. The zero-order valence-electron chi connectivity index (χ0n) is 10.1. The van der Waals surface area contributed by atoms with Gasteiger partial charge in [-0.3, -0.25) is 4.79 Å². The van der Waals surface area contributed by atoms with Crippen molar-refractivity contribution < 1.29 is 9.53 Å². The number of rotatable bonds is 6. The van der Waals surface area contributed by atoms with Gasteiger partial charge in [0, 0.05) is 25.2 Å². The molecule has 0 aromatic carbocycles. The standard InChI is InChI=1S/C12H18N2O2/c1-9(2)6-11(15)5-4-10-7-13-12(16-3)14-8-10/h7-9H,4-6H2,1-3H3. The quantitative estimate of drug-likeness (QED) is 0.739. The third kappa shape index (κ3) is 4.38. The fourth-order valence-corrected chi connectivity index (χ4v) is 1.42. The summed E-state index contributed by atoms with van der Waals surface area (Å²) in [4.78, 5) is 19.5. The Hall–Kier alpha value is -1.45. The fourth-order valence-electron chi connectivity index (χ4n) is 1.42. The van der Waals surface area contributed by atoms with Crippen LogP contribution in [-0.2, 0) is 11.2 Å². The van der Waals surface area contributed by atoms with Crippen LogP contribution < -0.4 is 4.74 Å². The highest BCUT2D eigenvalue weighted by Gasteiger charge is 2.06. The lowest BCUT2D eigenvalue weighted by Crippen LogP contribution is -2.04. The zero-order valence-corrected chi connectivity index (χ0v) is 10.1. The number of ketones is 1. The molecule has 0 aliphatic carbocycles. The molecule has 0 amide bonds. The number of nitrogens with zero attached hydrogens (tertiary/aromatic N) is 2. The molecule has 0 unspecified atom stereocenters. The van der Waals surface area contributed by atoms with Crippen molar-refractivity contribution in [2.24, 2.45) is 5.92 Å². The van der Waals surface area contributed by atoms with Crippen LogP contribution in [0.3, 0.4) is 0 Å². The van der Waals surface area contributed by atoms with Crippen molar-refractivity contribution in [3.63, 3.8) is 0 Å². The number of methoxy groups -OCH3 is 1. The number of carbonyl (C=O) groups is 1. The summed E-state index contributed by atoms with van der Waals surface area (Å²) in [7, 11) is 1.53. The number of carbonyl (C=O) groups excluding carboxylic acids is 1. The molecular weight excluding hydrogens is 204 g/mol. The molecule has 0 spiro atoms. The predicted molar refractivity (Wildman–Crippen MR) is 61.4 cm³/mol. The van der Waals surface area contributed by atoms with Gasteiger partial charge in [-0.15, -0.1) is 0 Å². The van der Waals surface area contributed by atoms with Gasteiger partial charge in [-0.25, -0.2) is 9.97 Å². The first-order valence-corrected chi connectivity index (χ1v) is 5.48. The monoisotopic (exact) mass is 222 g/mol. The average molecular weight is 222 g/mol. The molecule has 4 nitrogen and oxygen atoms in total. The SMILES string of the molecule is COc1ncc(CCC(=O)CC(C)C)cn1. The van der Waals surface area contributed by atoms with E-state index in [2.05, 4.69) is 9.97 Å². The smallest absolute Gasteiger partial charge is 0.316 e. The van der Waals surface area contributed by atoms with E-state index in [1.807, 2.05) is 13.8 Å². The number of aromatic nitrogens is 2. The molecule has 0 aliphatic heterocycles. The average Bonchev–Trinajstić information content (AvgIpc) is 2.26.